The molecule has 0 aromatic heterocycles. The molecule has 5 nitrogen and oxygen atoms in total. The van der Waals surface area contributed by atoms with Crippen molar-refractivity contribution in [1.29, 1.82) is 21.0 Å². The molecule has 6 heteroatoms. The van der Waals surface area contributed by atoms with Crippen LogP contribution in [-0.2, 0) is 4.43 Å². The van der Waals surface area contributed by atoms with E-state index in [9.17, 15) is 21.0 Å². The van der Waals surface area contributed by atoms with Gasteiger partial charge in [-0.05, 0) is 33.5 Å². The van der Waals surface area contributed by atoms with Crippen LogP contribution in [0.3, 0.4) is 0 Å². The van der Waals surface area contributed by atoms with Gasteiger partial charge >= 0.3 is 0 Å². The van der Waals surface area contributed by atoms with Crippen molar-refractivity contribution < 1.29 is 4.43 Å². The molecular formula is C15H18N4OSi. The van der Waals surface area contributed by atoms with Crippen LogP contribution in [0.5, 0.6) is 0 Å². The van der Waals surface area contributed by atoms with Crippen LogP contribution in [0.4, 0.5) is 0 Å². The molecule has 108 valence electrons. The molecule has 1 aliphatic rings. The summed E-state index contributed by atoms with van der Waals surface area (Å²) < 4.78 is 6.11. The molecule has 1 rings (SSSR count). The Hall–Kier alpha value is -2.12. The first kappa shape index (κ1) is 16.9. The minimum Gasteiger partial charge on any atom is -0.406 e. The Morgan fingerprint density at radius 3 is 1.86 bits per heavy atom. The fourth-order valence-corrected chi connectivity index (χ4v) is 4.54. The zero-order chi connectivity index (χ0) is 16.5. The lowest BCUT2D eigenvalue weighted by Gasteiger charge is -2.49. The molecule has 0 amide bonds. The maximum absolute atomic E-state index is 9.69. The smallest absolute Gasteiger partial charge is 0.206 e. The summed E-state index contributed by atoms with van der Waals surface area (Å²) in [5.41, 5.74) is -4.10. The average molecular weight is 298 g/mol. The van der Waals surface area contributed by atoms with Crippen molar-refractivity contribution in [1.82, 2.24) is 0 Å². The quantitative estimate of drug-likeness (QED) is 0.575. The van der Waals surface area contributed by atoms with Gasteiger partial charge in [0.2, 0.25) is 5.41 Å². The molecule has 0 radical (unpaired) electrons. The van der Waals surface area contributed by atoms with Crippen molar-refractivity contribution in [3.63, 3.8) is 0 Å². The summed E-state index contributed by atoms with van der Waals surface area (Å²) in [6, 6.07) is 7.72. The Bertz CT molecular complexity index is 620. The highest BCUT2D eigenvalue weighted by Crippen LogP contribution is 2.56. The Balaban J connectivity index is 3.76. The normalized spacial score (nSPS) is 26.4. The highest BCUT2D eigenvalue weighted by Gasteiger charge is 2.67. The van der Waals surface area contributed by atoms with E-state index in [1.54, 1.807) is 19.9 Å². The third-order valence-corrected chi connectivity index (χ3v) is 4.72. The largest absolute Gasteiger partial charge is 0.406 e. The fourth-order valence-electron chi connectivity index (χ4n) is 3.06. The van der Waals surface area contributed by atoms with E-state index in [-0.39, 0.29) is 6.42 Å². The molecule has 0 aromatic rings. The van der Waals surface area contributed by atoms with Gasteiger partial charge in [0.05, 0.1) is 24.3 Å². The number of hydrogen-bond donors (Lipinski definition) is 0. The number of nitrogens with zero attached hydrogens (tertiary/aromatic N) is 4. The molecule has 0 spiro atoms. The zero-order valence-electron chi connectivity index (χ0n) is 13.0. The second kappa shape index (κ2) is 5.01. The van der Waals surface area contributed by atoms with Crippen molar-refractivity contribution in [2.24, 2.45) is 10.8 Å². The van der Waals surface area contributed by atoms with Crippen molar-refractivity contribution in [2.45, 2.75) is 45.5 Å². The molecule has 1 atom stereocenters. The van der Waals surface area contributed by atoms with Crippen LogP contribution in [0.2, 0.25) is 19.6 Å². The van der Waals surface area contributed by atoms with Gasteiger partial charge in [0.15, 0.2) is 13.7 Å². The van der Waals surface area contributed by atoms with Crippen LogP contribution in [0.25, 0.3) is 0 Å². The van der Waals surface area contributed by atoms with Gasteiger partial charge in [-0.25, -0.2) is 0 Å². The molecule has 0 bridgehead atoms. The fraction of sp³-hybridized carbons (Fsp3) is 0.600. The van der Waals surface area contributed by atoms with Crippen LogP contribution >= 0.6 is 0 Å². The Morgan fingerprint density at radius 1 is 1.05 bits per heavy atom. The second-order valence-electron chi connectivity index (χ2n) is 6.59. The van der Waals surface area contributed by atoms with Crippen LogP contribution in [-0.4, -0.2) is 13.9 Å². The molecule has 0 heterocycles. The molecule has 0 fully saturated rings. The summed E-state index contributed by atoms with van der Waals surface area (Å²) in [6.07, 6.45) is 1.80. The Morgan fingerprint density at radius 2 is 1.52 bits per heavy atom. The minimum atomic E-state index is -2.12. The van der Waals surface area contributed by atoms with Crippen molar-refractivity contribution >= 4 is 8.32 Å². The summed E-state index contributed by atoms with van der Waals surface area (Å²) >= 11 is 0. The van der Waals surface area contributed by atoms with E-state index in [4.69, 9.17) is 4.43 Å². The van der Waals surface area contributed by atoms with Crippen LogP contribution < -0.4 is 0 Å². The number of hydrogen-bond acceptors (Lipinski definition) is 5. The van der Waals surface area contributed by atoms with Gasteiger partial charge in [0.25, 0.3) is 0 Å². The minimum absolute atomic E-state index is 0.0752. The highest BCUT2D eigenvalue weighted by atomic mass is 28.4. The van der Waals surface area contributed by atoms with E-state index in [0.29, 0.717) is 0 Å². The van der Waals surface area contributed by atoms with Crippen LogP contribution in [0.1, 0.15) is 20.3 Å². The van der Waals surface area contributed by atoms with Crippen molar-refractivity contribution in [2.75, 3.05) is 0 Å². The summed E-state index contributed by atoms with van der Waals surface area (Å²) in [5.74, 6) is 0. The first-order chi connectivity index (χ1) is 9.55. The average Bonchev–Trinajstić information content (AvgIpc) is 2.35. The van der Waals surface area contributed by atoms with Gasteiger partial charge in [-0.2, -0.15) is 21.0 Å². The van der Waals surface area contributed by atoms with E-state index in [2.05, 4.69) is 0 Å². The Kier molecular flexibility index (Phi) is 4.04. The topological polar surface area (TPSA) is 104 Å². The summed E-state index contributed by atoms with van der Waals surface area (Å²) in [4.78, 5) is 0. The molecule has 0 aromatic carbocycles. The number of allylic oxidation sites excluding steroid dienone is 1. The number of nitriles is 4. The standard InChI is InChI=1S/C15H18N4OSi/c1-12-6-13(2,20-21(3,4)5)15(10-18,11-19)14(7-12,8-16)9-17/h6H,7H2,1-5H3. The summed E-state index contributed by atoms with van der Waals surface area (Å²) in [5, 5.41) is 38.5. The molecule has 0 saturated carbocycles. The van der Waals surface area contributed by atoms with Crippen molar-refractivity contribution in [3.05, 3.63) is 11.6 Å². The molecule has 0 N–H and O–H groups in total. The third kappa shape index (κ3) is 2.34. The maximum Gasteiger partial charge on any atom is 0.206 e. The molecule has 21 heavy (non-hydrogen) atoms. The predicted octanol–water partition coefficient (Wildman–Crippen LogP) is 3.01. The van der Waals surface area contributed by atoms with Crippen LogP contribution in [0, 0.1) is 56.2 Å². The molecule has 1 aliphatic carbocycles. The SMILES string of the molecule is CC1=CC(C)(O[Si](C)(C)C)C(C#N)(C#N)C(C#N)(C#N)C1. The van der Waals surface area contributed by atoms with Gasteiger partial charge in [-0.15, -0.1) is 0 Å². The molecule has 1 unspecified atom stereocenters. The van der Waals surface area contributed by atoms with Crippen LogP contribution in [0.15, 0.2) is 11.6 Å². The number of rotatable bonds is 2. The highest BCUT2D eigenvalue weighted by molar-refractivity contribution is 6.69. The summed E-state index contributed by atoms with van der Waals surface area (Å²) in [6.45, 7) is 9.24. The molecular weight excluding hydrogens is 280 g/mol. The van der Waals surface area contributed by atoms with E-state index < -0.39 is 24.7 Å². The monoisotopic (exact) mass is 298 g/mol. The molecule has 0 aliphatic heterocycles. The molecule has 0 saturated heterocycles. The second-order valence-corrected chi connectivity index (χ2v) is 11.0. The first-order valence-electron chi connectivity index (χ1n) is 6.59. The van der Waals surface area contributed by atoms with Gasteiger partial charge in [-0.1, -0.05) is 11.6 Å². The maximum atomic E-state index is 9.69. The lowest BCUT2D eigenvalue weighted by atomic mass is 9.53. The lowest BCUT2D eigenvalue weighted by Crippen LogP contribution is -2.60. The van der Waals surface area contributed by atoms with Gasteiger partial charge < -0.3 is 4.43 Å². The van der Waals surface area contributed by atoms with Gasteiger partial charge in [-0.3, -0.25) is 0 Å². The van der Waals surface area contributed by atoms with E-state index in [0.717, 1.165) is 5.57 Å². The zero-order valence-corrected chi connectivity index (χ0v) is 14.0. The van der Waals surface area contributed by atoms with E-state index in [1.807, 2.05) is 43.9 Å². The summed E-state index contributed by atoms with van der Waals surface area (Å²) in [7, 11) is -2.12. The predicted molar refractivity (Wildman–Crippen MR) is 78.5 cm³/mol. The van der Waals surface area contributed by atoms with Crippen molar-refractivity contribution in [3.8, 4) is 24.3 Å². The third-order valence-electron chi connectivity index (χ3n) is 3.69. The van der Waals surface area contributed by atoms with E-state index >= 15 is 0 Å². The van der Waals surface area contributed by atoms with Gasteiger partial charge in [0, 0.05) is 6.42 Å². The first-order valence-corrected chi connectivity index (χ1v) is 10.00. The van der Waals surface area contributed by atoms with Gasteiger partial charge in [0.1, 0.15) is 5.60 Å². The Labute approximate surface area is 126 Å². The lowest BCUT2D eigenvalue weighted by molar-refractivity contribution is 0.00274. The van der Waals surface area contributed by atoms with E-state index in [1.165, 1.54) is 0 Å².